The van der Waals surface area contributed by atoms with E-state index in [0.717, 1.165) is 10.7 Å². The first kappa shape index (κ1) is 14.4. The number of aliphatic carboxylic acids is 1. The van der Waals surface area contributed by atoms with Gasteiger partial charge in [-0.15, -0.1) is 16.9 Å². The summed E-state index contributed by atoms with van der Waals surface area (Å²) >= 11 is 2.90. The minimum atomic E-state index is -1.09. The Morgan fingerprint density at radius 2 is 2.43 bits per heavy atom. The number of hydrogen-bond acceptors (Lipinski definition) is 7. The molecule has 1 aromatic heterocycles. The van der Waals surface area contributed by atoms with Gasteiger partial charge in [0.1, 0.15) is 22.1 Å². The highest BCUT2D eigenvalue weighted by Gasteiger charge is 2.51. The third-order valence-corrected chi connectivity index (χ3v) is 5.87. The number of aromatic amines is 1. The van der Waals surface area contributed by atoms with Crippen LogP contribution in [0.1, 0.15) is 5.69 Å². The molecule has 3 heterocycles. The van der Waals surface area contributed by atoms with Gasteiger partial charge in [0.2, 0.25) is 5.91 Å². The Morgan fingerprint density at radius 3 is 3.05 bits per heavy atom. The maximum absolute atomic E-state index is 11.8. The third kappa shape index (κ3) is 2.32. The first-order chi connectivity index (χ1) is 10.0. The summed E-state index contributed by atoms with van der Waals surface area (Å²) in [6.45, 7) is 1.85. The van der Waals surface area contributed by atoms with Crippen LogP contribution in [0.2, 0.25) is 0 Å². The van der Waals surface area contributed by atoms with Gasteiger partial charge >= 0.3 is 5.97 Å². The lowest BCUT2D eigenvalue weighted by Gasteiger charge is -2.48. The standard InChI is InChI=1S/C11H13N5O3S2/c1-4-8(14-15-13-4)20-2-5-3-21-10-6(12)9(17)16(10)7(5)11(18)19/h6,10H,2-3,12H2,1H3,(H,18,19)(H,13,14,15)/t6?,10-/m0/s1. The molecule has 0 radical (unpaired) electrons. The van der Waals surface area contributed by atoms with Crippen molar-refractivity contribution in [3.63, 3.8) is 0 Å². The smallest absolute Gasteiger partial charge is 0.352 e. The molecule has 0 saturated carbocycles. The van der Waals surface area contributed by atoms with Crippen LogP contribution >= 0.6 is 23.5 Å². The van der Waals surface area contributed by atoms with Crippen LogP contribution < -0.4 is 5.73 Å². The number of rotatable bonds is 4. The summed E-state index contributed by atoms with van der Waals surface area (Å²) in [4.78, 5) is 24.6. The van der Waals surface area contributed by atoms with Crippen molar-refractivity contribution in [2.75, 3.05) is 11.5 Å². The molecule has 0 spiro atoms. The SMILES string of the molecule is Cc1[nH]nnc1SCC1=C(C(=O)O)N2C(=O)C(N)[C@@H]2SC1. The number of nitrogens with two attached hydrogens (primary N) is 1. The van der Waals surface area contributed by atoms with Gasteiger partial charge in [-0.25, -0.2) is 4.79 Å². The fraction of sp³-hybridized carbons (Fsp3) is 0.455. The number of nitrogens with one attached hydrogen (secondary N) is 1. The summed E-state index contributed by atoms with van der Waals surface area (Å²) in [5.41, 5.74) is 7.31. The van der Waals surface area contributed by atoms with Gasteiger partial charge in [-0.3, -0.25) is 14.8 Å². The third-order valence-electron chi connectivity index (χ3n) is 3.35. The second kappa shape index (κ2) is 5.35. The fourth-order valence-corrected chi connectivity index (χ4v) is 4.58. The molecule has 3 rings (SSSR count). The van der Waals surface area contributed by atoms with E-state index in [9.17, 15) is 14.7 Å². The largest absolute Gasteiger partial charge is 0.477 e. The Hall–Kier alpha value is -1.52. The molecule has 1 fully saturated rings. The van der Waals surface area contributed by atoms with Crippen molar-refractivity contribution in [1.82, 2.24) is 20.3 Å². The van der Waals surface area contributed by atoms with Crippen molar-refractivity contribution in [2.24, 2.45) is 5.73 Å². The van der Waals surface area contributed by atoms with E-state index in [2.05, 4.69) is 15.4 Å². The summed E-state index contributed by atoms with van der Waals surface area (Å²) < 4.78 is 0. The Morgan fingerprint density at radius 1 is 1.67 bits per heavy atom. The van der Waals surface area contributed by atoms with Crippen LogP contribution in [0.5, 0.6) is 0 Å². The van der Waals surface area contributed by atoms with E-state index in [4.69, 9.17) is 5.73 Å². The number of aromatic nitrogens is 3. The van der Waals surface area contributed by atoms with Gasteiger partial charge in [-0.1, -0.05) is 17.0 Å². The topological polar surface area (TPSA) is 125 Å². The van der Waals surface area contributed by atoms with Crippen molar-refractivity contribution in [3.8, 4) is 0 Å². The van der Waals surface area contributed by atoms with E-state index in [1.807, 2.05) is 6.92 Å². The average molecular weight is 327 g/mol. The number of nitrogens with zero attached hydrogens (tertiary/aromatic N) is 3. The van der Waals surface area contributed by atoms with Crippen molar-refractivity contribution in [1.29, 1.82) is 0 Å². The minimum absolute atomic E-state index is 0.0686. The molecule has 4 N–H and O–H groups in total. The Balaban J connectivity index is 1.83. The van der Waals surface area contributed by atoms with Crippen LogP contribution in [0, 0.1) is 6.92 Å². The first-order valence-electron chi connectivity index (χ1n) is 6.16. The number of carbonyl (C=O) groups is 2. The highest BCUT2D eigenvalue weighted by atomic mass is 32.2. The van der Waals surface area contributed by atoms with E-state index in [-0.39, 0.29) is 17.0 Å². The molecule has 0 aromatic carbocycles. The molecule has 0 aliphatic carbocycles. The summed E-state index contributed by atoms with van der Waals surface area (Å²) in [5.74, 6) is -0.417. The summed E-state index contributed by atoms with van der Waals surface area (Å²) in [5, 5.41) is 20.2. The molecule has 1 amide bonds. The van der Waals surface area contributed by atoms with Gasteiger partial charge in [-0.2, -0.15) is 0 Å². The van der Waals surface area contributed by atoms with E-state index >= 15 is 0 Å². The second-order valence-corrected chi connectivity index (χ2v) is 6.79. The number of carboxylic acids is 1. The maximum atomic E-state index is 11.8. The molecule has 2 aliphatic heterocycles. The number of carbonyl (C=O) groups excluding carboxylic acids is 1. The number of hydrogen-bond donors (Lipinski definition) is 3. The lowest BCUT2D eigenvalue weighted by molar-refractivity contribution is -0.147. The Bertz CT molecular complexity index is 644. The van der Waals surface area contributed by atoms with E-state index in [1.165, 1.54) is 28.4 Å². The van der Waals surface area contributed by atoms with E-state index in [0.29, 0.717) is 17.1 Å². The minimum Gasteiger partial charge on any atom is -0.477 e. The lowest BCUT2D eigenvalue weighted by atomic mass is 10.0. The number of H-pyrrole nitrogens is 1. The van der Waals surface area contributed by atoms with E-state index in [1.54, 1.807) is 0 Å². The molecule has 0 bridgehead atoms. The van der Waals surface area contributed by atoms with Gasteiger partial charge < -0.3 is 10.8 Å². The zero-order chi connectivity index (χ0) is 15.1. The molecule has 10 heteroatoms. The van der Waals surface area contributed by atoms with Gasteiger partial charge in [0.15, 0.2) is 0 Å². The van der Waals surface area contributed by atoms with Crippen LogP contribution in [-0.4, -0.2) is 60.2 Å². The predicted octanol–water partition coefficient (Wildman–Crippen LogP) is -0.214. The predicted molar refractivity (Wildman–Crippen MR) is 77.6 cm³/mol. The molecular formula is C11H13N5O3S2. The van der Waals surface area contributed by atoms with Crippen LogP contribution in [0.4, 0.5) is 0 Å². The number of amides is 1. The number of β-lactam (4-membered cyclic amide) rings is 1. The average Bonchev–Trinajstić information content (AvgIpc) is 2.88. The molecule has 8 nitrogen and oxygen atoms in total. The van der Waals surface area contributed by atoms with Crippen LogP contribution in [0.25, 0.3) is 0 Å². The van der Waals surface area contributed by atoms with Crippen molar-refractivity contribution in [2.45, 2.75) is 23.4 Å². The van der Waals surface area contributed by atoms with Gasteiger partial charge in [0.25, 0.3) is 0 Å². The molecule has 21 heavy (non-hydrogen) atoms. The fourth-order valence-electron chi connectivity index (χ4n) is 2.25. The Kier molecular flexibility index (Phi) is 3.68. The Labute approximate surface area is 128 Å². The molecule has 2 atom stereocenters. The molecule has 1 aromatic rings. The molecule has 1 saturated heterocycles. The highest BCUT2D eigenvalue weighted by Crippen LogP contribution is 2.40. The van der Waals surface area contributed by atoms with Gasteiger partial charge in [0, 0.05) is 11.5 Å². The quantitative estimate of drug-likeness (QED) is 0.512. The van der Waals surface area contributed by atoms with Crippen molar-refractivity contribution < 1.29 is 14.7 Å². The maximum Gasteiger partial charge on any atom is 0.352 e. The van der Waals surface area contributed by atoms with Gasteiger partial charge in [0.05, 0.1) is 5.69 Å². The summed E-state index contributed by atoms with van der Waals surface area (Å²) in [6.07, 6.45) is 0. The normalized spacial score (nSPS) is 24.9. The van der Waals surface area contributed by atoms with Crippen molar-refractivity contribution >= 4 is 35.4 Å². The molecule has 1 unspecified atom stereocenters. The molecule has 112 valence electrons. The number of carboxylic acid groups (broad SMARTS) is 1. The van der Waals surface area contributed by atoms with Crippen LogP contribution in [0.3, 0.4) is 0 Å². The first-order valence-corrected chi connectivity index (χ1v) is 8.20. The molecule has 2 aliphatic rings. The zero-order valence-corrected chi connectivity index (χ0v) is 12.7. The van der Waals surface area contributed by atoms with E-state index < -0.39 is 12.0 Å². The number of thioether (sulfide) groups is 2. The summed E-state index contributed by atoms with van der Waals surface area (Å²) in [6, 6.07) is -0.601. The van der Waals surface area contributed by atoms with Crippen LogP contribution in [-0.2, 0) is 9.59 Å². The monoisotopic (exact) mass is 327 g/mol. The molecular weight excluding hydrogens is 314 g/mol. The zero-order valence-electron chi connectivity index (χ0n) is 11.1. The van der Waals surface area contributed by atoms with Crippen LogP contribution in [0.15, 0.2) is 16.3 Å². The van der Waals surface area contributed by atoms with Gasteiger partial charge in [-0.05, 0) is 12.5 Å². The summed E-state index contributed by atoms with van der Waals surface area (Å²) in [7, 11) is 0. The highest BCUT2D eigenvalue weighted by molar-refractivity contribution is 8.01. The number of fused-ring (bicyclic) bond motifs is 1. The lowest BCUT2D eigenvalue weighted by Crippen LogP contribution is -2.68. The second-order valence-electron chi connectivity index (χ2n) is 4.72. The van der Waals surface area contributed by atoms with Crippen molar-refractivity contribution in [3.05, 3.63) is 17.0 Å². The number of aryl methyl sites for hydroxylation is 1.